The first kappa shape index (κ1) is 9.90. The highest BCUT2D eigenvalue weighted by atomic mass is 15.0. The lowest BCUT2D eigenvalue weighted by Crippen LogP contribution is -2.61. The van der Waals surface area contributed by atoms with E-state index >= 15 is 0 Å². The van der Waals surface area contributed by atoms with Crippen LogP contribution in [0.3, 0.4) is 0 Å². The van der Waals surface area contributed by atoms with E-state index in [-0.39, 0.29) is 0 Å². The van der Waals surface area contributed by atoms with Gasteiger partial charge in [-0.15, -0.1) is 0 Å². The molecule has 2 aliphatic carbocycles. The molecule has 0 radical (unpaired) electrons. The second-order valence-electron chi connectivity index (χ2n) is 6.63. The summed E-state index contributed by atoms with van der Waals surface area (Å²) >= 11 is 0. The summed E-state index contributed by atoms with van der Waals surface area (Å²) in [6, 6.07) is 1.72. The Labute approximate surface area is 98.6 Å². The van der Waals surface area contributed by atoms with E-state index in [9.17, 15) is 0 Å². The molecule has 4 aliphatic rings. The Morgan fingerprint density at radius 1 is 0.812 bits per heavy atom. The maximum Gasteiger partial charge on any atom is 0.0139 e. The van der Waals surface area contributed by atoms with Crippen LogP contribution in [0.25, 0.3) is 0 Å². The summed E-state index contributed by atoms with van der Waals surface area (Å²) in [5.41, 5.74) is 0. The summed E-state index contributed by atoms with van der Waals surface area (Å²) in [7, 11) is 0. The molecule has 6 unspecified atom stereocenters. The second-order valence-corrected chi connectivity index (χ2v) is 6.63. The Bertz CT molecular complexity index is 266. The van der Waals surface area contributed by atoms with E-state index in [4.69, 9.17) is 0 Å². The highest BCUT2D eigenvalue weighted by Gasteiger charge is 2.48. The Morgan fingerprint density at radius 3 is 2.75 bits per heavy atom. The quantitative estimate of drug-likeness (QED) is 0.703. The number of nitrogens with one attached hydrogen (secondary N) is 2. The molecule has 0 spiro atoms. The number of piperidine rings is 1. The molecular formula is C14H24N2. The molecule has 6 atom stereocenters. The Balaban J connectivity index is 1.39. The third-order valence-corrected chi connectivity index (χ3v) is 5.75. The van der Waals surface area contributed by atoms with Gasteiger partial charge in [-0.1, -0.05) is 0 Å². The van der Waals surface area contributed by atoms with Gasteiger partial charge in [0.15, 0.2) is 0 Å². The van der Waals surface area contributed by atoms with Crippen molar-refractivity contribution in [3.05, 3.63) is 0 Å². The third kappa shape index (κ3) is 1.53. The van der Waals surface area contributed by atoms with Gasteiger partial charge in [0.25, 0.3) is 0 Å². The van der Waals surface area contributed by atoms with Crippen molar-refractivity contribution in [1.82, 2.24) is 10.6 Å². The predicted molar refractivity (Wildman–Crippen MR) is 65.2 cm³/mol. The van der Waals surface area contributed by atoms with E-state index in [1.54, 1.807) is 0 Å². The molecule has 0 aromatic carbocycles. The average molecular weight is 220 g/mol. The van der Waals surface area contributed by atoms with Crippen LogP contribution in [0.1, 0.15) is 38.5 Å². The summed E-state index contributed by atoms with van der Waals surface area (Å²) in [4.78, 5) is 0. The fraction of sp³-hybridized carbons (Fsp3) is 1.00. The molecule has 2 heterocycles. The zero-order chi connectivity index (χ0) is 10.5. The van der Waals surface area contributed by atoms with Crippen LogP contribution in [-0.2, 0) is 0 Å². The van der Waals surface area contributed by atoms with Crippen LogP contribution in [0.5, 0.6) is 0 Å². The van der Waals surface area contributed by atoms with Crippen LogP contribution in [-0.4, -0.2) is 25.2 Å². The summed E-state index contributed by atoms with van der Waals surface area (Å²) < 4.78 is 0. The van der Waals surface area contributed by atoms with Crippen molar-refractivity contribution in [3.63, 3.8) is 0 Å². The van der Waals surface area contributed by atoms with Crippen LogP contribution in [0, 0.1) is 23.7 Å². The van der Waals surface area contributed by atoms with Crippen molar-refractivity contribution in [1.29, 1.82) is 0 Å². The number of hydrogen-bond donors (Lipinski definition) is 2. The first-order valence-electron chi connectivity index (χ1n) is 7.38. The first-order chi connectivity index (χ1) is 7.92. The zero-order valence-corrected chi connectivity index (χ0v) is 10.1. The molecule has 16 heavy (non-hydrogen) atoms. The van der Waals surface area contributed by atoms with Crippen LogP contribution in [0.15, 0.2) is 0 Å². The van der Waals surface area contributed by atoms with Gasteiger partial charge in [-0.3, -0.25) is 0 Å². The van der Waals surface area contributed by atoms with E-state index in [1.807, 2.05) is 0 Å². The fourth-order valence-electron chi connectivity index (χ4n) is 4.54. The van der Waals surface area contributed by atoms with E-state index in [0.717, 1.165) is 35.8 Å². The van der Waals surface area contributed by atoms with Crippen molar-refractivity contribution in [2.45, 2.75) is 50.6 Å². The number of hydrogen-bond acceptors (Lipinski definition) is 2. The van der Waals surface area contributed by atoms with Crippen molar-refractivity contribution in [2.24, 2.45) is 23.7 Å². The summed E-state index contributed by atoms with van der Waals surface area (Å²) in [5.74, 6) is 4.15. The maximum atomic E-state index is 3.87. The SMILES string of the molecule is C1CNC2C(C1)CC2C1CCC2CC2CN1. The second kappa shape index (κ2) is 3.71. The lowest BCUT2D eigenvalue weighted by Gasteiger charge is -2.51. The summed E-state index contributed by atoms with van der Waals surface area (Å²) in [5, 5.41) is 7.64. The van der Waals surface area contributed by atoms with Gasteiger partial charge >= 0.3 is 0 Å². The predicted octanol–water partition coefficient (Wildman–Crippen LogP) is 1.76. The molecule has 0 aromatic rings. The monoisotopic (exact) mass is 220 g/mol. The van der Waals surface area contributed by atoms with Crippen LogP contribution >= 0.6 is 0 Å². The summed E-state index contributed by atoms with van der Waals surface area (Å²) in [6.07, 6.45) is 8.90. The highest BCUT2D eigenvalue weighted by Crippen LogP contribution is 2.47. The van der Waals surface area contributed by atoms with Crippen molar-refractivity contribution < 1.29 is 0 Å². The van der Waals surface area contributed by atoms with E-state index in [2.05, 4.69) is 10.6 Å². The third-order valence-electron chi connectivity index (χ3n) is 5.75. The molecule has 4 fully saturated rings. The molecule has 2 saturated carbocycles. The first-order valence-corrected chi connectivity index (χ1v) is 7.38. The van der Waals surface area contributed by atoms with Gasteiger partial charge in [-0.25, -0.2) is 0 Å². The zero-order valence-electron chi connectivity index (χ0n) is 10.1. The van der Waals surface area contributed by atoms with E-state index in [0.29, 0.717) is 0 Å². The normalized spacial score (nSPS) is 55.5. The van der Waals surface area contributed by atoms with Crippen LogP contribution in [0.2, 0.25) is 0 Å². The minimum absolute atomic E-state index is 0.847. The molecule has 0 aromatic heterocycles. The molecule has 90 valence electrons. The van der Waals surface area contributed by atoms with Crippen molar-refractivity contribution in [3.8, 4) is 0 Å². The van der Waals surface area contributed by atoms with Crippen LogP contribution in [0.4, 0.5) is 0 Å². The van der Waals surface area contributed by atoms with Gasteiger partial charge in [0, 0.05) is 12.1 Å². The largest absolute Gasteiger partial charge is 0.313 e. The van der Waals surface area contributed by atoms with Gasteiger partial charge in [0.05, 0.1) is 0 Å². The molecule has 2 heteroatoms. The van der Waals surface area contributed by atoms with Crippen molar-refractivity contribution >= 4 is 0 Å². The smallest absolute Gasteiger partial charge is 0.0139 e. The number of fused-ring (bicyclic) bond motifs is 2. The van der Waals surface area contributed by atoms with E-state index in [1.165, 1.54) is 51.6 Å². The van der Waals surface area contributed by atoms with Gasteiger partial charge in [0.1, 0.15) is 0 Å². The molecule has 4 rings (SSSR count). The average Bonchev–Trinajstić information content (AvgIpc) is 3.01. The molecule has 2 aliphatic heterocycles. The minimum Gasteiger partial charge on any atom is -0.313 e. The van der Waals surface area contributed by atoms with E-state index < -0.39 is 0 Å². The lowest BCUT2D eigenvalue weighted by atomic mass is 9.63. The molecule has 0 amide bonds. The topological polar surface area (TPSA) is 24.1 Å². The molecule has 2 N–H and O–H groups in total. The molecule has 0 bridgehead atoms. The fourth-order valence-corrected chi connectivity index (χ4v) is 4.54. The van der Waals surface area contributed by atoms with Gasteiger partial charge in [0.2, 0.25) is 0 Å². The van der Waals surface area contributed by atoms with Gasteiger partial charge in [-0.05, 0) is 75.3 Å². The Hall–Kier alpha value is -0.0800. The van der Waals surface area contributed by atoms with Gasteiger partial charge in [-0.2, -0.15) is 0 Å². The Kier molecular flexibility index (Phi) is 2.29. The van der Waals surface area contributed by atoms with Gasteiger partial charge < -0.3 is 10.6 Å². The Morgan fingerprint density at radius 2 is 1.81 bits per heavy atom. The standard InChI is InChI=1S/C14H24N2/c1-2-10-7-12(14(10)15-5-1)13-4-3-9-6-11(9)8-16-13/h9-16H,1-8H2. The minimum atomic E-state index is 0.847. The molecule has 2 nitrogen and oxygen atoms in total. The van der Waals surface area contributed by atoms with Crippen LogP contribution < -0.4 is 10.6 Å². The summed E-state index contributed by atoms with van der Waals surface area (Å²) in [6.45, 7) is 2.60. The van der Waals surface area contributed by atoms with Crippen molar-refractivity contribution in [2.75, 3.05) is 13.1 Å². The maximum absolute atomic E-state index is 3.87. The number of rotatable bonds is 1. The highest BCUT2D eigenvalue weighted by molar-refractivity contribution is 5.04. The molecule has 2 saturated heterocycles. The lowest BCUT2D eigenvalue weighted by molar-refractivity contribution is 0.0449. The molecular weight excluding hydrogens is 196 g/mol.